The number of carboxylic acids is 1. The van der Waals surface area contributed by atoms with Crippen molar-refractivity contribution in [3.63, 3.8) is 0 Å². The first-order valence-electron chi connectivity index (χ1n) is 3.84. The highest BCUT2D eigenvalue weighted by Gasteiger charge is 2.09. The van der Waals surface area contributed by atoms with Gasteiger partial charge in [0.1, 0.15) is 4.90 Å². The molecule has 0 aliphatic rings. The summed E-state index contributed by atoms with van der Waals surface area (Å²) in [5.74, 6) is -0.943. The lowest BCUT2D eigenvalue weighted by Gasteiger charge is -1.95. The number of hydrogen-bond acceptors (Lipinski definition) is 4. The van der Waals surface area contributed by atoms with Crippen LogP contribution in [-0.2, 0) is 21.2 Å². The SMILES string of the molecule is CS(=O)(=O)c1cnn(CCC(=O)O)c1. The van der Waals surface area contributed by atoms with E-state index in [1.165, 1.54) is 17.1 Å². The second-order valence-corrected chi connectivity index (χ2v) is 4.87. The predicted octanol–water partition coefficient (Wildman–Crippen LogP) is -0.239. The minimum absolute atomic E-state index is 0.0785. The van der Waals surface area contributed by atoms with Crippen molar-refractivity contribution in [1.29, 1.82) is 0 Å². The van der Waals surface area contributed by atoms with Gasteiger partial charge in [-0.1, -0.05) is 0 Å². The summed E-state index contributed by atoms with van der Waals surface area (Å²) in [5.41, 5.74) is 0. The molecule has 1 N–H and O–H groups in total. The lowest BCUT2D eigenvalue weighted by Crippen LogP contribution is -2.04. The maximum absolute atomic E-state index is 11.0. The Kier molecular flexibility index (Phi) is 2.90. The molecule has 0 spiro atoms. The van der Waals surface area contributed by atoms with Gasteiger partial charge in [-0.25, -0.2) is 8.42 Å². The maximum Gasteiger partial charge on any atom is 0.305 e. The summed E-state index contributed by atoms with van der Waals surface area (Å²) >= 11 is 0. The topological polar surface area (TPSA) is 89.3 Å². The fourth-order valence-corrected chi connectivity index (χ4v) is 1.42. The number of aryl methyl sites for hydroxylation is 1. The number of aliphatic carboxylic acids is 1. The summed E-state index contributed by atoms with van der Waals surface area (Å²) < 4.78 is 23.3. The van der Waals surface area contributed by atoms with Crippen LogP contribution in [0.2, 0.25) is 0 Å². The first kappa shape index (κ1) is 10.7. The summed E-state index contributed by atoms with van der Waals surface area (Å²) in [6.45, 7) is 0.171. The van der Waals surface area contributed by atoms with Crippen LogP contribution in [0.5, 0.6) is 0 Å². The van der Waals surface area contributed by atoms with Crippen molar-refractivity contribution in [2.75, 3.05) is 6.26 Å². The van der Waals surface area contributed by atoms with Crippen molar-refractivity contribution in [1.82, 2.24) is 9.78 Å². The lowest BCUT2D eigenvalue weighted by molar-refractivity contribution is -0.137. The number of rotatable bonds is 4. The molecule has 0 unspecified atom stereocenters. The van der Waals surface area contributed by atoms with Gasteiger partial charge in [-0.2, -0.15) is 5.10 Å². The molecule has 0 aliphatic carbocycles. The molecule has 14 heavy (non-hydrogen) atoms. The molecule has 6 nitrogen and oxygen atoms in total. The van der Waals surface area contributed by atoms with Crippen molar-refractivity contribution in [2.45, 2.75) is 17.9 Å². The Morgan fingerprint density at radius 1 is 1.64 bits per heavy atom. The van der Waals surface area contributed by atoms with Crippen molar-refractivity contribution in [2.24, 2.45) is 0 Å². The van der Waals surface area contributed by atoms with Crippen molar-refractivity contribution < 1.29 is 18.3 Å². The second-order valence-electron chi connectivity index (χ2n) is 2.86. The number of carboxylic acid groups (broad SMARTS) is 1. The fourth-order valence-electron chi connectivity index (χ4n) is 0.869. The van der Waals surface area contributed by atoms with E-state index in [-0.39, 0.29) is 17.9 Å². The number of sulfone groups is 1. The first-order chi connectivity index (χ1) is 6.39. The number of aromatic nitrogens is 2. The minimum atomic E-state index is -3.25. The maximum atomic E-state index is 11.0. The van der Waals surface area contributed by atoms with Gasteiger partial charge in [-0.15, -0.1) is 0 Å². The molecule has 0 radical (unpaired) electrons. The molecule has 0 saturated carbocycles. The van der Waals surface area contributed by atoms with Crippen LogP contribution >= 0.6 is 0 Å². The van der Waals surface area contributed by atoms with Crippen LogP contribution in [0.25, 0.3) is 0 Å². The molecule has 1 aromatic heterocycles. The molecule has 0 saturated heterocycles. The van der Waals surface area contributed by atoms with Crippen LogP contribution in [0.4, 0.5) is 0 Å². The molecule has 1 aromatic rings. The Bertz CT molecular complexity index is 434. The Hall–Kier alpha value is -1.37. The van der Waals surface area contributed by atoms with Gasteiger partial charge in [-0.3, -0.25) is 9.48 Å². The Balaban J connectivity index is 2.74. The first-order valence-corrected chi connectivity index (χ1v) is 5.73. The predicted molar refractivity (Wildman–Crippen MR) is 47.6 cm³/mol. The van der Waals surface area contributed by atoms with Crippen LogP contribution in [0, 0.1) is 0 Å². The summed E-state index contributed by atoms with van der Waals surface area (Å²) in [7, 11) is -3.25. The van der Waals surface area contributed by atoms with E-state index in [0.717, 1.165) is 6.26 Å². The number of carbonyl (C=O) groups is 1. The molecule has 1 heterocycles. The van der Waals surface area contributed by atoms with Crippen LogP contribution < -0.4 is 0 Å². The van der Waals surface area contributed by atoms with E-state index in [4.69, 9.17) is 5.11 Å². The summed E-state index contributed by atoms with van der Waals surface area (Å²) in [6.07, 6.45) is 3.52. The highest BCUT2D eigenvalue weighted by atomic mass is 32.2. The fraction of sp³-hybridized carbons (Fsp3) is 0.429. The molecular weight excluding hydrogens is 208 g/mol. The number of nitrogens with zero attached hydrogens (tertiary/aromatic N) is 2. The minimum Gasteiger partial charge on any atom is -0.481 e. The molecule has 0 aromatic carbocycles. The third kappa shape index (κ3) is 2.84. The molecule has 0 amide bonds. The smallest absolute Gasteiger partial charge is 0.305 e. The zero-order valence-corrected chi connectivity index (χ0v) is 8.36. The van der Waals surface area contributed by atoms with E-state index in [1.807, 2.05) is 0 Å². The van der Waals surface area contributed by atoms with E-state index < -0.39 is 15.8 Å². The van der Waals surface area contributed by atoms with Gasteiger partial charge in [0.25, 0.3) is 0 Å². The van der Waals surface area contributed by atoms with Crippen molar-refractivity contribution in [3.8, 4) is 0 Å². The highest BCUT2D eigenvalue weighted by molar-refractivity contribution is 7.90. The van der Waals surface area contributed by atoms with Gasteiger partial charge in [0, 0.05) is 12.5 Å². The average Bonchev–Trinajstić information content (AvgIpc) is 2.47. The normalized spacial score (nSPS) is 11.5. The summed E-state index contributed by atoms with van der Waals surface area (Å²) in [4.78, 5) is 10.3. The van der Waals surface area contributed by atoms with Crippen LogP contribution in [0.15, 0.2) is 17.3 Å². The standard InChI is InChI=1S/C7H10N2O4S/c1-14(12,13)6-4-8-9(5-6)3-2-7(10)11/h4-5H,2-3H2,1H3,(H,10,11). The Morgan fingerprint density at radius 3 is 2.71 bits per heavy atom. The van der Waals surface area contributed by atoms with Gasteiger partial charge in [-0.05, 0) is 0 Å². The lowest BCUT2D eigenvalue weighted by atomic mass is 10.4. The Labute approximate surface area is 81.1 Å². The van der Waals surface area contributed by atoms with E-state index in [1.54, 1.807) is 0 Å². The van der Waals surface area contributed by atoms with Crippen molar-refractivity contribution in [3.05, 3.63) is 12.4 Å². The van der Waals surface area contributed by atoms with E-state index >= 15 is 0 Å². The van der Waals surface area contributed by atoms with Gasteiger partial charge in [0.2, 0.25) is 0 Å². The quantitative estimate of drug-likeness (QED) is 0.753. The monoisotopic (exact) mass is 218 g/mol. The zero-order chi connectivity index (χ0) is 10.8. The molecule has 0 aliphatic heterocycles. The Morgan fingerprint density at radius 2 is 2.29 bits per heavy atom. The molecule has 7 heteroatoms. The van der Waals surface area contributed by atoms with Crippen LogP contribution in [0.3, 0.4) is 0 Å². The molecule has 0 fully saturated rings. The summed E-state index contributed by atoms with van der Waals surface area (Å²) in [6, 6.07) is 0. The molecule has 0 bridgehead atoms. The average molecular weight is 218 g/mol. The van der Waals surface area contributed by atoms with Gasteiger partial charge >= 0.3 is 5.97 Å². The zero-order valence-electron chi connectivity index (χ0n) is 7.54. The molecule has 1 rings (SSSR count). The molecule has 78 valence electrons. The molecular formula is C7H10N2O4S. The third-order valence-corrected chi connectivity index (χ3v) is 2.66. The van der Waals surface area contributed by atoms with E-state index in [9.17, 15) is 13.2 Å². The third-order valence-electron chi connectivity index (χ3n) is 1.59. The second kappa shape index (κ2) is 3.79. The molecule has 0 atom stereocenters. The van der Waals surface area contributed by atoms with Crippen LogP contribution in [-0.4, -0.2) is 35.5 Å². The largest absolute Gasteiger partial charge is 0.481 e. The van der Waals surface area contributed by atoms with Gasteiger partial charge < -0.3 is 5.11 Å². The van der Waals surface area contributed by atoms with Crippen LogP contribution in [0.1, 0.15) is 6.42 Å². The number of hydrogen-bond donors (Lipinski definition) is 1. The van der Waals surface area contributed by atoms with Gasteiger partial charge in [0.15, 0.2) is 9.84 Å². The van der Waals surface area contributed by atoms with Crippen molar-refractivity contribution >= 4 is 15.8 Å². The summed E-state index contributed by atoms with van der Waals surface area (Å²) in [5, 5.41) is 12.1. The van der Waals surface area contributed by atoms with E-state index in [2.05, 4.69) is 5.10 Å². The highest BCUT2D eigenvalue weighted by Crippen LogP contribution is 2.06. The van der Waals surface area contributed by atoms with Gasteiger partial charge in [0.05, 0.1) is 19.2 Å². The van der Waals surface area contributed by atoms with E-state index in [0.29, 0.717) is 0 Å².